The molecule has 0 saturated heterocycles. The Morgan fingerprint density at radius 2 is 2.15 bits per heavy atom. The van der Waals surface area contributed by atoms with E-state index in [1.165, 1.54) is 11.3 Å². The van der Waals surface area contributed by atoms with Crippen LogP contribution >= 0.6 is 11.3 Å². The molecule has 4 heteroatoms. The first-order valence-electron chi connectivity index (χ1n) is 3.76. The van der Waals surface area contributed by atoms with Gasteiger partial charge < -0.3 is 15.6 Å². The number of thiophene rings is 1. The summed E-state index contributed by atoms with van der Waals surface area (Å²) in [4.78, 5) is 0. The quantitative estimate of drug-likeness (QED) is 0.733. The maximum Gasteiger partial charge on any atom is 0.137 e. The summed E-state index contributed by atoms with van der Waals surface area (Å²) in [5.41, 5.74) is 5.62. The van der Waals surface area contributed by atoms with E-state index in [9.17, 15) is 5.11 Å². The van der Waals surface area contributed by atoms with Crippen molar-refractivity contribution in [2.75, 3.05) is 12.8 Å². The molecular formula is C9H9NO2S. The van der Waals surface area contributed by atoms with Gasteiger partial charge in [-0.05, 0) is 12.1 Å². The van der Waals surface area contributed by atoms with Gasteiger partial charge in [-0.25, -0.2) is 0 Å². The number of rotatable bonds is 1. The van der Waals surface area contributed by atoms with E-state index in [1.54, 1.807) is 13.2 Å². The van der Waals surface area contributed by atoms with Crippen molar-refractivity contribution < 1.29 is 9.84 Å². The van der Waals surface area contributed by atoms with Gasteiger partial charge in [-0.1, -0.05) is 0 Å². The lowest BCUT2D eigenvalue weighted by atomic mass is 10.2. The Labute approximate surface area is 79.4 Å². The molecule has 0 bridgehead atoms. The molecule has 68 valence electrons. The average Bonchev–Trinajstić information content (AvgIpc) is 2.46. The topological polar surface area (TPSA) is 55.5 Å². The largest absolute Gasteiger partial charge is 0.506 e. The highest BCUT2D eigenvalue weighted by molar-refractivity contribution is 7.23. The summed E-state index contributed by atoms with van der Waals surface area (Å²) >= 11 is 1.37. The van der Waals surface area contributed by atoms with Gasteiger partial charge in [0.05, 0.1) is 16.8 Å². The van der Waals surface area contributed by atoms with Crippen molar-refractivity contribution in [3.8, 4) is 11.5 Å². The minimum Gasteiger partial charge on any atom is -0.506 e. The minimum atomic E-state index is 0.219. The molecule has 0 aliphatic rings. The molecule has 0 aliphatic heterocycles. The first-order valence-corrected chi connectivity index (χ1v) is 4.58. The number of hydrogen-bond acceptors (Lipinski definition) is 4. The van der Waals surface area contributed by atoms with E-state index in [4.69, 9.17) is 10.5 Å². The van der Waals surface area contributed by atoms with Crippen molar-refractivity contribution >= 4 is 26.4 Å². The molecule has 3 N–H and O–H groups in total. The van der Waals surface area contributed by atoms with E-state index < -0.39 is 0 Å². The van der Waals surface area contributed by atoms with E-state index in [2.05, 4.69) is 0 Å². The molecular weight excluding hydrogens is 186 g/mol. The minimum absolute atomic E-state index is 0.219. The average molecular weight is 195 g/mol. The molecule has 2 rings (SSSR count). The Morgan fingerprint density at radius 1 is 1.38 bits per heavy atom. The van der Waals surface area contributed by atoms with Gasteiger partial charge in [-0.3, -0.25) is 0 Å². The lowest BCUT2D eigenvalue weighted by Gasteiger charge is -2.00. The van der Waals surface area contributed by atoms with Crippen LogP contribution in [0.3, 0.4) is 0 Å². The summed E-state index contributed by atoms with van der Waals surface area (Å²) in [7, 11) is 1.57. The van der Waals surface area contributed by atoms with Gasteiger partial charge in [-0.15, -0.1) is 11.3 Å². The molecule has 0 fully saturated rings. The molecule has 0 amide bonds. The van der Waals surface area contributed by atoms with Gasteiger partial charge in [0.25, 0.3) is 0 Å². The van der Waals surface area contributed by atoms with Crippen LogP contribution < -0.4 is 10.5 Å². The third-order valence-corrected chi connectivity index (χ3v) is 2.83. The highest BCUT2D eigenvalue weighted by Crippen LogP contribution is 2.37. The number of nitrogens with two attached hydrogens (primary N) is 1. The van der Waals surface area contributed by atoms with Gasteiger partial charge in [-0.2, -0.15) is 0 Å². The smallest absolute Gasteiger partial charge is 0.137 e. The van der Waals surface area contributed by atoms with Gasteiger partial charge in [0, 0.05) is 11.5 Å². The summed E-state index contributed by atoms with van der Waals surface area (Å²) in [5.74, 6) is 0.860. The van der Waals surface area contributed by atoms with Crippen molar-refractivity contribution in [2.24, 2.45) is 0 Å². The zero-order valence-corrected chi connectivity index (χ0v) is 7.89. The number of aromatic hydroxyl groups is 1. The number of hydrogen-bond donors (Lipinski definition) is 2. The van der Waals surface area contributed by atoms with Gasteiger partial charge in [0.15, 0.2) is 0 Å². The van der Waals surface area contributed by atoms with Gasteiger partial charge in [0.2, 0.25) is 0 Å². The van der Waals surface area contributed by atoms with Crippen molar-refractivity contribution in [3.05, 3.63) is 18.2 Å². The molecule has 0 atom stereocenters. The number of ether oxygens (including phenoxy) is 1. The van der Waals surface area contributed by atoms with Crippen LogP contribution in [0.4, 0.5) is 5.00 Å². The Kier molecular flexibility index (Phi) is 1.77. The Bertz CT molecular complexity index is 450. The Hall–Kier alpha value is -1.42. The molecule has 0 unspecified atom stereocenters. The highest BCUT2D eigenvalue weighted by Gasteiger charge is 2.06. The summed E-state index contributed by atoms with van der Waals surface area (Å²) in [6.45, 7) is 0. The zero-order chi connectivity index (χ0) is 9.42. The SMILES string of the molecule is COc1cc(O)c2sc(N)cc2c1. The number of benzene rings is 1. The van der Waals surface area contributed by atoms with Crippen LogP contribution in [0.2, 0.25) is 0 Å². The number of nitrogen functional groups attached to an aromatic ring is 1. The zero-order valence-electron chi connectivity index (χ0n) is 7.07. The summed E-state index contributed by atoms with van der Waals surface area (Å²) < 4.78 is 5.82. The molecule has 1 heterocycles. The number of methoxy groups -OCH3 is 1. The molecule has 3 nitrogen and oxygen atoms in total. The predicted molar refractivity (Wildman–Crippen MR) is 54.5 cm³/mol. The monoisotopic (exact) mass is 195 g/mol. The second-order valence-corrected chi connectivity index (χ2v) is 3.80. The number of fused-ring (bicyclic) bond motifs is 1. The first kappa shape index (κ1) is 8.19. The first-order chi connectivity index (χ1) is 6.20. The van der Waals surface area contributed by atoms with Gasteiger partial charge in [0.1, 0.15) is 11.5 Å². The molecule has 2 aromatic rings. The van der Waals surface area contributed by atoms with E-state index in [0.717, 1.165) is 10.1 Å². The van der Waals surface area contributed by atoms with Crippen LogP contribution in [0, 0.1) is 0 Å². The maximum absolute atomic E-state index is 9.57. The molecule has 0 aliphatic carbocycles. The fourth-order valence-corrected chi connectivity index (χ4v) is 2.07. The Morgan fingerprint density at radius 3 is 2.85 bits per heavy atom. The van der Waals surface area contributed by atoms with Crippen LogP contribution in [0.25, 0.3) is 10.1 Å². The fraction of sp³-hybridized carbons (Fsp3) is 0.111. The van der Waals surface area contributed by atoms with E-state index in [1.807, 2.05) is 12.1 Å². The second kappa shape index (κ2) is 2.81. The number of anilines is 1. The van der Waals surface area contributed by atoms with Crippen LogP contribution in [0.1, 0.15) is 0 Å². The number of phenols is 1. The normalized spacial score (nSPS) is 10.5. The summed E-state index contributed by atoms with van der Waals surface area (Å²) in [6, 6.07) is 5.25. The van der Waals surface area contributed by atoms with E-state index >= 15 is 0 Å². The van der Waals surface area contributed by atoms with Crippen LogP contribution in [-0.2, 0) is 0 Å². The highest BCUT2D eigenvalue weighted by atomic mass is 32.1. The van der Waals surface area contributed by atoms with Crippen molar-refractivity contribution in [3.63, 3.8) is 0 Å². The third kappa shape index (κ3) is 1.29. The molecule has 0 saturated carbocycles. The third-order valence-electron chi connectivity index (χ3n) is 1.82. The molecule has 1 aromatic carbocycles. The van der Waals surface area contributed by atoms with Crippen LogP contribution in [-0.4, -0.2) is 12.2 Å². The lowest BCUT2D eigenvalue weighted by molar-refractivity contribution is 0.409. The summed E-state index contributed by atoms with van der Waals surface area (Å²) in [6.07, 6.45) is 0. The van der Waals surface area contributed by atoms with Crippen molar-refractivity contribution in [1.29, 1.82) is 0 Å². The van der Waals surface area contributed by atoms with Crippen molar-refractivity contribution in [1.82, 2.24) is 0 Å². The standard InChI is InChI=1S/C9H9NO2S/c1-12-6-2-5-3-8(10)13-9(5)7(11)4-6/h2-4,11H,10H2,1H3. The van der Waals surface area contributed by atoms with Gasteiger partial charge >= 0.3 is 0 Å². The molecule has 1 aromatic heterocycles. The fourth-order valence-electron chi connectivity index (χ4n) is 1.25. The molecule has 0 spiro atoms. The molecule has 13 heavy (non-hydrogen) atoms. The lowest BCUT2D eigenvalue weighted by Crippen LogP contribution is -1.80. The molecule has 0 radical (unpaired) electrons. The van der Waals surface area contributed by atoms with Crippen LogP contribution in [0.15, 0.2) is 18.2 Å². The van der Waals surface area contributed by atoms with Crippen molar-refractivity contribution in [2.45, 2.75) is 0 Å². The predicted octanol–water partition coefficient (Wildman–Crippen LogP) is 2.20. The van der Waals surface area contributed by atoms with E-state index in [-0.39, 0.29) is 5.75 Å². The second-order valence-electron chi connectivity index (χ2n) is 2.71. The maximum atomic E-state index is 9.57. The Balaban J connectivity index is 2.75. The summed E-state index contributed by atoms with van der Waals surface area (Å²) in [5, 5.41) is 11.2. The van der Waals surface area contributed by atoms with E-state index in [0.29, 0.717) is 10.8 Å². The number of phenolic OH excluding ortho intramolecular Hbond substituents is 1. The van der Waals surface area contributed by atoms with Crippen LogP contribution in [0.5, 0.6) is 11.5 Å².